The molecule has 3 aromatic carbocycles. The van der Waals surface area contributed by atoms with Gasteiger partial charge in [-0.3, -0.25) is 4.99 Å². The molecule has 0 radical (unpaired) electrons. The number of hydrogen-bond donors (Lipinski definition) is 0. The van der Waals surface area contributed by atoms with E-state index in [0.717, 1.165) is 33.5 Å². The van der Waals surface area contributed by atoms with E-state index in [-0.39, 0.29) is 0 Å². The summed E-state index contributed by atoms with van der Waals surface area (Å²) in [6.45, 7) is 2.03. The first-order valence-electron chi connectivity index (χ1n) is 8.06. The highest BCUT2D eigenvalue weighted by Crippen LogP contribution is 2.27. The van der Waals surface area contributed by atoms with Gasteiger partial charge in [-0.15, -0.1) is 0 Å². The van der Waals surface area contributed by atoms with Crippen molar-refractivity contribution in [2.24, 2.45) is 4.99 Å². The highest BCUT2D eigenvalue weighted by Gasteiger charge is 2.08. The van der Waals surface area contributed by atoms with Crippen LogP contribution in [0.4, 0.5) is 5.69 Å². The van der Waals surface area contributed by atoms with Crippen LogP contribution in [0.15, 0.2) is 70.1 Å². The van der Waals surface area contributed by atoms with Crippen molar-refractivity contribution in [1.29, 1.82) is 0 Å². The molecule has 4 rings (SSSR count). The maximum absolute atomic E-state index is 6.17. The number of aliphatic imine (C=N–C) groups is 1. The molecule has 0 fully saturated rings. The van der Waals surface area contributed by atoms with Gasteiger partial charge in [0.2, 0.25) is 5.89 Å². The van der Waals surface area contributed by atoms with Gasteiger partial charge in [0.05, 0.1) is 15.7 Å². The summed E-state index contributed by atoms with van der Waals surface area (Å²) >= 11 is 12.2. The Balaban J connectivity index is 1.59. The lowest BCUT2D eigenvalue weighted by molar-refractivity contribution is 0.620. The summed E-state index contributed by atoms with van der Waals surface area (Å²) in [5, 5.41) is 1.01. The van der Waals surface area contributed by atoms with Gasteiger partial charge >= 0.3 is 0 Å². The summed E-state index contributed by atoms with van der Waals surface area (Å²) in [6.07, 6.45) is 1.70. The maximum atomic E-state index is 6.17. The number of benzene rings is 3. The van der Waals surface area contributed by atoms with E-state index in [9.17, 15) is 0 Å². The number of aromatic nitrogens is 1. The van der Waals surface area contributed by atoms with E-state index in [1.807, 2.05) is 61.5 Å². The zero-order valence-electron chi connectivity index (χ0n) is 13.9. The highest BCUT2D eigenvalue weighted by molar-refractivity contribution is 6.43. The molecule has 0 unspecified atom stereocenters. The first-order valence-corrected chi connectivity index (χ1v) is 8.81. The number of aryl methyl sites for hydroxylation is 1. The molecular formula is C21H14Cl2N2O. The molecule has 128 valence electrons. The Morgan fingerprint density at radius 1 is 1.00 bits per heavy atom. The predicted molar refractivity (Wildman–Crippen MR) is 108 cm³/mol. The lowest BCUT2D eigenvalue weighted by atomic mass is 10.2. The van der Waals surface area contributed by atoms with E-state index in [1.54, 1.807) is 12.3 Å². The van der Waals surface area contributed by atoms with Gasteiger partial charge in [-0.1, -0.05) is 41.4 Å². The Kier molecular flexibility index (Phi) is 4.49. The molecule has 0 amide bonds. The number of fused-ring (bicyclic) bond motifs is 1. The van der Waals surface area contributed by atoms with E-state index >= 15 is 0 Å². The zero-order chi connectivity index (χ0) is 18.1. The Labute approximate surface area is 160 Å². The molecule has 0 bridgehead atoms. The predicted octanol–water partition coefficient (Wildman–Crippen LogP) is 6.86. The minimum Gasteiger partial charge on any atom is -0.436 e. The average molecular weight is 381 g/mol. The second-order valence-electron chi connectivity index (χ2n) is 5.94. The lowest BCUT2D eigenvalue weighted by Crippen LogP contribution is -1.83. The number of oxazole rings is 1. The quantitative estimate of drug-likeness (QED) is 0.364. The molecule has 5 heteroatoms. The van der Waals surface area contributed by atoms with Crippen LogP contribution in [0.2, 0.25) is 10.0 Å². The smallest absolute Gasteiger partial charge is 0.227 e. The zero-order valence-corrected chi connectivity index (χ0v) is 15.4. The molecule has 0 N–H and O–H groups in total. The fourth-order valence-corrected chi connectivity index (χ4v) is 2.97. The molecule has 0 saturated carbocycles. The molecule has 0 spiro atoms. The van der Waals surface area contributed by atoms with E-state index in [0.29, 0.717) is 15.9 Å². The van der Waals surface area contributed by atoms with Crippen LogP contribution in [0.5, 0.6) is 0 Å². The second kappa shape index (κ2) is 6.94. The minimum atomic E-state index is 0.497. The van der Waals surface area contributed by atoms with E-state index < -0.39 is 0 Å². The summed E-state index contributed by atoms with van der Waals surface area (Å²) in [5.41, 5.74) is 5.27. The Morgan fingerprint density at radius 2 is 1.81 bits per heavy atom. The van der Waals surface area contributed by atoms with Crippen molar-refractivity contribution in [3.8, 4) is 11.5 Å². The van der Waals surface area contributed by atoms with Crippen LogP contribution in [-0.2, 0) is 0 Å². The number of hydrogen-bond acceptors (Lipinski definition) is 3. The number of rotatable bonds is 3. The normalized spacial score (nSPS) is 11.5. The van der Waals surface area contributed by atoms with Crippen LogP contribution < -0.4 is 0 Å². The Morgan fingerprint density at radius 3 is 2.62 bits per heavy atom. The SMILES string of the molecule is Cc1ccc2oc(-c3ccc(N=Cc4cccc(Cl)c4Cl)cc3)nc2c1. The molecule has 0 aliphatic heterocycles. The van der Waals surface area contributed by atoms with Crippen molar-refractivity contribution in [3.63, 3.8) is 0 Å². The number of halogens is 2. The van der Waals surface area contributed by atoms with Crippen molar-refractivity contribution >= 4 is 46.2 Å². The fraction of sp³-hybridized carbons (Fsp3) is 0.0476. The molecule has 1 heterocycles. The van der Waals surface area contributed by atoms with Crippen LogP contribution in [-0.4, -0.2) is 11.2 Å². The third-order valence-corrected chi connectivity index (χ3v) is 4.83. The van der Waals surface area contributed by atoms with Gasteiger partial charge in [0.15, 0.2) is 5.58 Å². The van der Waals surface area contributed by atoms with Crippen molar-refractivity contribution in [1.82, 2.24) is 4.98 Å². The third-order valence-electron chi connectivity index (χ3n) is 3.99. The lowest BCUT2D eigenvalue weighted by Gasteiger charge is -2.00. The third kappa shape index (κ3) is 3.36. The van der Waals surface area contributed by atoms with Gasteiger partial charge in [0, 0.05) is 17.3 Å². The standard InChI is InChI=1S/C21H14Cl2N2O/c1-13-5-10-19-18(11-13)25-21(26-19)14-6-8-16(9-7-14)24-12-15-3-2-4-17(22)20(15)23/h2-12H,1H3. The molecule has 0 aliphatic carbocycles. The van der Waals surface area contributed by atoms with Crippen LogP contribution in [0.25, 0.3) is 22.6 Å². The van der Waals surface area contributed by atoms with Crippen molar-refractivity contribution < 1.29 is 4.42 Å². The van der Waals surface area contributed by atoms with Gasteiger partial charge in [0.1, 0.15) is 5.52 Å². The van der Waals surface area contributed by atoms with Crippen molar-refractivity contribution in [2.45, 2.75) is 6.92 Å². The van der Waals surface area contributed by atoms with Crippen molar-refractivity contribution in [3.05, 3.63) is 81.8 Å². The largest absolute Gasteiger partial charge is 0.436 e. The van der Waals surface area contributed by atoms with E-state index in [4.69, 9.17) is 27.6 Å². The van der Waals surface area contributed by atoms with Gasteiger partial charge in [-0.2, -0.15) is 0 Å². The Bertz CT molecular complexity index is 1110. The van der Waals surface area contributed by atoms with Gasteiger partial charge in [-0.25, -0.2) is 4.98 Å². The van der Waals surface area contributed by atoms with Gasteiger partial charge in [-0.05, 0) is 55.0 Å². The maximum Gasteiger partial charge on any atom is 0.227 e. The molecule has 1 aromatic heterocycles. The van der Waals surface area contributed by atoms with Crippen LogP contribution >= 0.6 is 23.2 Å². The molecule has 0 aliphatic rings. The molecule has 0 atom stereocenters. The monoisotopic (exact) mass is 380 g/mol. The van der Waals surface area contributed by atoms with Crippen LogP contribution in [0.3, 0.4) is 0 Å². The summed E-state index contributed by atoms with van der Waals surface area (Å²) < 4.78 is 5.83. The first kappa shape index (κ1) is 16.8. The van der Waals surface area contributed by atoms with E-state index in [2.05, 4.69) is 9.98 Å². The van der Waals surface area contributed by atoms with E-state index in [1.165, 1.54) is 0 Å². The van der Waals surface area contributed by atoms with Crippen LogP contribution in [0.1, 0.15) is 11.1 Å². The minimum absolute atomic E-state index is 0.497. The summed E-state index contributed by atoms with van der Waals surface area (Å²) in [7, 11) is 0. The fourth-order valence-electron chi connectivity index (χ4n) is 2.62. The summed E-state index contributed by atoms with van der Waals surface area (Å²) in [6, 6.07) is 19.1. The molecule has 0 saturated heterocycles. The summed E-state index contributed by atoms with van der Waals surface area (Å²) in [4.78, 5) is 9.00. The first-order chi connectivity index (χ1) is 12.6. The molecular weight excluding hydrogens is 367 g/mol. The Hall–Kier alpha value is -2.62. The molecule has 4 aromatic rings. The van der Waals surface area contributed by atoms with Crippen LogP contribution in [0, 0.1) is 6.92 Å². The second-order valence-corrected chi connectivity index (χ2v) is 6.72. The van der Waals surface area contributed by atoms with Gasteiger partial charge < -0.3 is 4.42 Å². The summed E-state index contributed by atoms with van der Waals surface area (Å²) in [5.74, 6) is 0.596. The van der Waals surface area contributed by atoms with Gasteiger partial charge in [0.25, 0.3) is 0 Å². The molecule has 3 nitrogen and oxygen atoms in total. The topological polar surface area (TPSA) is 38.4 Å². The average Bonchev–Trinajstić information content (AvgIpc) is 3.06. The number of nitrogens with zero attached hydrogens (tertiary/aromatic N) is 2. The van der Waals surface area contributed by atoms with Crippen molar-refractivity contribution in [2.75, 3.05) is 0 Å². The molecule has 26 heavy (non-hydrogen) atoms. The highest BCUT2D eigenvalue weighted by atomic mass is 35.5.